The molecule has 1 aromatic carbocycles. The van der Waals surface area contributed by atoms with Crippen LogP contribution in [-0.2, 0) is 11.3 Å². The second-order valence-corrected chi connectivity index (χ2v) is 8.05. The molecule has 3 heterocycles. The molecule has 0 saturated carbocycles. The lowest BCUT2D eigenvalue weighted by molar-refractivity contribution is 0.258. The number of H-pyrrole nitrogens is 1. The van der Waals surface area contributed by atoms with E-state index in [0.717, 1.165) is 39.4 Å². The van der Waals surface area contributed by atoms with Gasteiger partial charge in [0.25, 0.3) is 0 Å². The van der Waals surface area contributed by atoms with Crippen molar-refractivity contribution in [2.45, 2.75) is 31.5 Å². The Bertz CT molecular complexity index is 1110. The molecule has 0 amide bonds. The van der Waals surface area contributed by atoms with Gasteiger partial charge >= 0.3 is 0 Å². The third kappa shape index (κ3) is 4.44. The molecule has 0 atom stereocenters. The Labute approximate surface area is 179 Å². The molecule has 0 spiro atoms. The van der Waals surface area contributed by atoms with E-state index < -0.39 is 0 Å². The molecule has 0 radical (unpaired) electrons. The van der Waals surface area contributed by atoms with Gasteiger partial charge in [-0.15, -0.1) is 0 Å². The molecule has 0 fully saturated rings. The number of aromatic amines is 1. The monoisotopic (exact) mass is 420 g/mol. The van der Waals surface area contributed by atoms with Gasteiger partial charge < -0.3 is 10.1 Å². The number of nitrogens with zero attached hydrogens (tertiary/aromatic N) is 4. The summed E-state index contributed by atoms with van der Waals surface area (Å²) in [6.07, 6.45) is 1.81. The van der Waals surface area contributed by atoms with Gasteiger partial charge in [0.05, 0.1) is 17.3 Å². The van der Waals surface area contributed by atoms with Crippen LogP contribution in [0.25, 0.3) is 22.3 Å². The minimum Gasteiger partial charge on any atom is -0.374 e. The highest BCUT2D eigenvalue weighted by atomic mass is 32.2. The third-order valence-corrected chi connectivity index (χ3v) is 5.46. The standard InChI is InChI=1S/C22H24N6OS/c1-14(2)18-19-20(28-27-18)21(26-22(25-19)30-13-29-3)24-12-15-7-9-16(10-8-15)17-6-4-5-11-23-17/h4-11,14H,12-13H2,1-3H3,(H,27,28)(H,24,25,26). The van der Waals surface area contributed by atoms with Crippen molar-refractivity contribution in [2.75, 3.05) is 18.4 Å². The summed E-state index contributed by atoms with van der Waals surface area (Å²) < 4.78 is 5.17. The lowest BCUT2D eigenvalue weighted by Crippen LogP contribution is -2.04. The number of methoxy groups -OCH3 is 1. The molecular formula is C22H24N6OS. The van der Waals surface area contributed by atoms with Gasteiger partial charge in [0.2, 0.25) is 0 Å². The summed E-state index contributed by atoms with van der Waals surface area (Å²) in [5.41, 5.74) is 5.82. The predicted octanol–water partition coefficient (Wildman–Crippen LogP) is 4.85. The number of pyridine rings is 1. The van der Waals surface area contributed by atoms with E-state index in [2.05, 4.69) is 68.6 Å². The Morgan fingerprint density at radius 3 is 2.60 bits per heavy atom. The summed E-state index contributed by atoms with van der Waals surface area (Å²) in [5, 5.41) is 11.7. The number of ether oxygens (including phenoxy) is 1. The zero-order valence-corrected chi connectivity index (χ0v) is 18.0. The summed E-state index contributed by atoms with van der Waals surface area (Å²) in [7, 11) is 1.66. The number of hydrogen-bond donors (Lipinski definition) is 2. The first-order valence-corrected chi connectivity index (χ1v) is 10.8. The Kier molecular flexibility index (Phi) is 6.25. The normalized spacial score (nSPS) is 11.3. The summed E-state index contributed by atoms with van der Waals surface area (Å²) in [4.78, 5) is 13.7. The number of anilines is 1. The minimum atomic E-state index is 0.289. The van der Waals surface area contributed by atoms with Crippen LogP contribution >= 0.6 is 11.8 Å². The van der Waals surface area contributed by atoms with Crippen LogP contribution < -0.4 is 5.32 Å². The highest BCUT2D eigenvalue weighted by Crippen LogP contribution is 2.28. The zero-order chi connectivity index (χ0) is 20.9. The van der Waals surface area contributed by atoms with Crippen molar-refractivity contribution in [3.63, 3.8) is 0 Å². The quantitative estimate of drug-likeness (QED) is 0.239. The van der Waals surface area contributed by atoms with E-state index in [-0.39, 0.29) is 5.92 Å². The molecule has 0 aliphatic rings. The maximum absolute atomic E-state index is 5.17. The average molecular weight is 421 g/mol. The van der Waals surface area contributed by atoms with Crippen LogP contribution in [0.1, 0.15) is 31.0 Å². The fourth-order valence-electron chi connectivity index (χ4n) is 3.11. The minimum absolute atomic E-state index is 0.289. The van der Waals surface area contributed by atoms with E-state index in [0.29, 0.717) is 17.6 Å². The molecule has 8 heteroatoms. The molecule has 0 unspecified atom stereocenters. The van der Waals surface area contributed by atoms with Crippen LogP contribution in [0.5, 0.6) is 0 Å². The first-order valence-electron chi connectivity index (χ1n) is 9.77. The van der Waals surface area contributed by atoms with E-state index in [1.165, 1.54) is 11.8 Å². The molecule has 154 valence electrons. The maximum Gasteiger partial charge on any atom is 0.192 e. The lowest BCUT2D eigenvalue weighted by atomic mass is 10.1. The Balaban J connectivity index is 1.57. The molecule has 30 heavy (non-hydrogen) atoms. The second-order valence-electron chi connectivity index (χ2n) is 7.16. The van der Waals surface area contributed by atoms with E-state index >= 15 is 0 Å². The van der Waals surface area contributed by atoms with Gasteiger partial charge in [-0.25, -0.2) is 9.97 Å². The van der Waals surface area contributed by atoms with Gasteiger partial charge in [-0.2, -0.15) is 5.10 Å². The van der Waals surface area contributed by atoms with Crippen LogP contribution in [-0.4, -0.2) is 38.2 Å². The smallest absolute Gasteiger partial charge is 0.192 e. The molecule has 0 aliphatic heterocycles. The van der Waals surface area contributed by atoms with Crippen LogP contribution in [0.3, 0.4) is 0 Å². The average Bonchev–Trinajstić information content (AvgIpc) is 3.21. The fraction of sp³-hybridized carbons (Fsp3) is 0.273. The molecular weight excluding hydrogens is 396 g/mol. The van der Waals surface area contributed by atoms with Gasteiger partial charge in [0, 0.05) is 25.4 Å². The van der Waals surface area contributed by atoms with Gasteiger partial charge in [-0.3, -0.25) is 10.1 Å². The van der Waals surface area contributed by atoms with Gasteiger partial charge in [0.15, 0.2) is 16.5 Å². The second kappa shape index (κ2) is 9.23. The summed E-state index contributed by atoms with van der Waals surface area (Å²) in [6, 6.07) is 14.3. The van der Waals surface area contributed by atoms with Gasteiger partial charge in [-0.1, -0.05) is 55.9 Å². The van der Waals surface area contributed by atoms with Crippen molar-refractivity contribution in [1.29, 1.82) is 0 Å². The van der Waals surface area contributed by atoms with E-state index in [1.807, 2.05) is 18.2 Å². The van der Waals surface area contributed by atoms with Crippen LogP contribution in [0, 0.1) is 0 Å². The van der Waals surface area contributed by atoms with Crippen molar-refractivity contribution < 1.29 is 4.74 Å². The lowest BCUT2D eigenvalue weighted by Gasteiger charge is -2.09. The predicted molar refractivity (Wildman–Crippen MR) is 121 cm³/mol. The first kappa shape index (κ1) is 20.3. The van der Waals surface area contributed by atoms with E-state index in [4.69, 9.17) is 4.74 Å². The topological polar surface area (TPSA) is 88.6 Å². The van der Waals surface area contributed by atoms with Crippen LogP contribution in [0.4, 0.5) is 5.82 Å². The SMILES string of the molecule is COCSc1nc(NCc2ccc(-c3ccccn3)cc2)c2n[nH]c(C(C)C)c2n1. The summed E-state index contributed by atoms with van der Waals surface area (Å²) in [5.74, 6) is 1.50. The highest BCUT2D eigenvalue weighted by Gasteiger charge is 2.17. The number of rotatable bonds is 8. The van der Waals surface area contributed by atoms with Gasteiger partial charge in [0.1, 0.15) is 5.52 Å². The molecule has 4 rings (SSSR count). The molecule has 4 aromatic rings. The highest BCUT2D eigenvalue weighted by molar-refractivity contribution is 7.99. The van der Waals surface area contributed by atoms with Crippen molar-refractivity contribution in [2.24, 2.45) is 0 Å². The number of thioether (sulfide) groups is 1. The van der Waals surface area contributed by atoms with Crippen molar-refractivity contribution >= 4 is 28.6 Å². The van der Waals surface area contributed by atoms with Crippen LogP contribution in [0.2, 0.25) is 0 Å². The van der Waals surface area contributed by atoms with E-state index in [9.17, 15) is 0 Å². The molecule has 0 saturated heterocycles. The Morgan fingerprint density at radius 1 is 1.07 bits per heavy atom. The molecule has 0 aliphatic carbocycles. The number of fused-ring (bicyclic) bond motifs is 1. The van der Waals surface area contributed by atoms with Gasteiger partial charge in [-0.05, 0) is 23.6 Å². The number of aromatic nitrogens is 5. The molecule has 7 nitrogen and oxygen atoms in total. The van der Waals surface area contributed by atoms with Crippen molar-refractivity contribution in [3.05, 3.63) is 59.9 Å². The fourth-order valence-corrected chi connectivity index (χ4v) is 3.65. The molecule has 0 bridgehead atoms. The number of nitrogens with one attached hydrogen (secondary N) is 2. The van der Waals surface area contributed by atoms with Crippen molar-refractivity contribution in [3.8, 4) is 11.3 Å². The Hall–Kier alpha value is -2.97. The van der Waals surface area contributed by atoms with E-state index in [1.54, 1.807) is 13.3 Å². The first-order chi connectivity index (χ1) is 14.7. The molecule has 3 aromatic heterocycles. The maximum atomic E-state index is 5.17. The largest absolute Gasteiger partial charge is 0.374 e. The van der Waals surface area contributed by atoms with Crippen LogP contribution in [0.15, 0.2) is 53.8 Å². The summed E-state index contributed by atoms with van der Waals surface area (Å²) in [6.45, 7) is 4.87. The third-order valence-electron chi connectivity index (χ3n) is 4.66. The Morgan fingerprint density at radius 2 is 1.90 bits per heavy atom. The zero-order valence-electron chi connectivity index (χ0n) is 17.2. The molecule has 2 N–H and O–H groups in total. The number of hydrogen-bond acceptors (Lipinski definition) is 7. The number of benzene rings is 1. The van der Waals surface area contributed by atoms with Crippen molar-refractivity contribution in [1.82, 2.24) is 25.1 Å². The summed E-state index contributed by atoms with van der Waals surface area (Å²) >= 11 is 1.46.